The molecule has 2 N–H and O–H groups in total. The number of rotatable bonds is 2. The van der Waals surface area contributed by atoms with Gasteiger partial charge in [-0.25, -0.2) is 0 Å². The van der Waals surface area contributed by atoms with E-state index in [4.69, 9.17) is 0 Å². The average molecular weight is 297 g/mol. The van der Waals surface area contributed by atoms with E-state index in [0.717, 1.165) is 18.4 Å². The second-order valence-corrected chi connectivity index (χ2v) is 6.97. The number of phenolic OH excluding ortho intramolecular Hbond substituents is 1. The number of thioether (sulfide) groups is 1. The molecule has 21 heavy (non-hydrogen) atoms. The fourth-order valence-electron chi connectivity index (χ4n) is 3.57. The molecule has 2 atom stereocenters. The van der Waals surface area contributed by atoms with Gasteiger partial charge in [0.15, 0.2) is 0 Å². The summed E-state index contributed by atoms with van der Waals surface area (Å²) in [4.78, 5) is 1.41. The van der Waals surface area contributed by atoms with Gasteiger partial charge in [0.1, 0.15) is 5.75 Å². The molecule has 0 radical (unpaired) electrons. The Morgan fingerprint density at radius 1 is 0.952 bits per heavy atom. The first-order valence-electron chi connectivity index (χ1n) is 7.61. The maximum absolute atomic E-state index is 9.98. The molecule has 4 rings (SSSR count). The monoisotopic (exact) mass is 297 g/mol. The fourth-order valence-corrected chi connectivity index (χ4v) is 4.69. The van der Waals surface area contributed by atoms with Gasteiger partial charge in [-0.1, -0.05) is 30.3 Å². The maximum atomic E-state index is 9.98. The quantitative estimate of drug-likeness (QED) is 0.871. The summed E-state index contributed by atoms with van der Waals surface area (Å²) >= 11 is 1.96. The summed E-state index contributed by atoms with van der Waals surface area (Å²) in [5.74, 6) is 1.63. The third kappa shape index (κ3) is 2.34. The largest absolute Gasteiger partial charge is 0.508 e. The van der Waals surface area contributed by atoms with Crippen LogP contribution in [0, 0.1) is 0 Å². The minimum atomic E-state index is 0.369. The molecule has 108 valence electrons. The third-order valence-corrected chi connectivity index (χ3v) is 5.73. The Morgan fingerprint density at radius 3 is 2.71 bits per heavy atom. The zero-order valence-corrected chi connectivity index (χ0v) is 12.7. The van der Waals surface area contributed by atoms with Gasteiger partial charge >= 0.3 is 0 Å². The Bertz CT molecular complexity index is 670. The summed E-state index contributed by atoms with van der Waals surface area (Å²) in [6.07, 6.45) is 3.23. The van der Waals surface area contributed by atoms with E-state index >= 15 is 0 Å². The Balaban J connectivity index is 1.61. The molecule has 3 heteroatoms. The highest BCUT2D eigenvalue weighted by Gasteiger charge is 2.28. The topological polar surface area (TPSA) is 32.3 Å². The van der Waals surface area contributed by atoms with Gasteiger partial charge in [-0.15, -0.1) is 11.8 Å². The molecule has 1 aliphatic heterocycles. The number of aromatic hydroxyl groups is 1. The molecule has 2 aliphatic rings. The summed E-state index contributed by atoms with van der Waals surface area (Å²) in [6.45, 7) is 0. The van der Waals surface area contributed by atoms with Crippen molar-refractivity contribution >= 4 is 11.8 Å². The Labute approximate surface area is 129 Å². The average Bonchev–Trinajstić information content (AvgIpc) is 2.92. The second kappa shape index (κ2) is 5.39. The van der Waals surface area contributed by atoms with E-state index in [1.165, 1.54) is 28.2 Å². The smallest absolute Gasteiger partial charge is 0.119 e. The van der Waals surface area contributed by atoms with Crippen LogP contribution in [-0.4, -0.2) is 10.9 Å². The van der Waals surface area contributed by atoms with E-state index in [1.807, 2.05) is 17.8 Å². The van der Waals surface area contributed by atoms with Crippen molar-refractivity contribution in [3.05, 3.63) is 59.2 Å². The molecule has 0 fully saturated rings. The number of phenols is 1. The second-order valence-electron chi connectivity index (χ2n) is 5.83. The molecular formula is C18H19NOS. The lowest BCUT2D eigenvalue weighted by atomic mass is 10.0. The van der Waals surface area contributed by atoms with Crippen LogP contribution < -0.4 is 5.32 Å². The maximum Gasteiger partial charge on any atom is 0.119 e. The first kappa shape index (κ1) is 13.2. The predicted octanol–water partition coefficient (Wildman–Crippen LogP) is 4.21. The van der Waals surface area contributed by atoms with Crippen molar-refractivity contribution in [2.24, 2.45) is 0 Å². The van der Waals surface area contributed by atoms with Gasteiger partial charge in [-0.3, -0.25) is 0 Å². The molecule has 0 bridgehead atoms. The number of fused-ring (bicyclic) bond motifs is 2. The van der Waals surface area contributed by atoms with Crippen LogP contribution in [0.5, 0.6) is 5.75 Å². The number of hydrogen-bond donors (Lipinski definition) is 2. The van der Waals surface area contributed by atoms with Crippen LogP contribution in [0.25, 0.3) is 0 Å². The van der Waals surface area contributed by atoms with Gasteiger partial charge in [0.2, 0.25) is 0 Å². The zero-order valence-electron chi connectivity index (χ0n) is 11.9. The van der Waals surface area contributed by atoms with Crippen molar-refractivity contribution in [3.63, 3.8) is 0 Å². The van der Waals surface area contributed by atoms with Crippen molar-refractivity contribution in [1.29, 1.82) is 0 Å². The highest BCUT2D eigenvalue weighted by Crippen LogP contribution is 2.41. The van der Waals surface area contributed by atoms with Crippen molar-refractivity contribution < 1.29 is 5.11 Å². The van der Waals surface area contributed by atoms with Crippen molar-refractivity contribution in [3.8, 4) is 5.75 Å². The van der Waals surface area contributed by atoms with Gasteiger partial charge in [-0.2, -0.15) is 0 Å². The summed E-state index contributed by atoms with van der Waals surface area (Å²) in [5.41, 5.74) is 3.85. The zero-order chi connectivity index (χ0) is 14.2. The Morgan fingerprint density at radius 2 is 1.76 bits per heavy atom. The van der Waals surface area contributed by atoms with Gasteiger partial charge in [0.05, 0.1) is 0 Å². The van der Waals surface area contributed by atoms with Crippen molar-refractivity contribution in [1.82, 2.24) is 5.32 Å². The summed E-state index contributed by atoms with van der Waals surface area (Å²) in [5, 5.41) is 13.8. The Hall–Kier alpha value is -1.45. The summed E-state index contributed by atoms with van der Waals surface area (Å²) in [7, 11) is 0. The fraction of sp³-hybridized carbons (Fsp3) is 0.333. The van der Waals surface area contributed by atoms with Gasteiger partial charge in [0, 0.05) is 17.0 Å². The van der Waals surface area contributed by atoms with E-state index in [1.54, 1.807) is 6.07 Å². The molecule has 0 aromatic heterocycles. The van der Waals surface area contributed by atoms with Crippen LogP contribution in [-0.2, 0) is 6.42 Å². The lowest BCUT2D eigenvalue weighted by Gasteiger charge is -2.29. The summed E-state index contributed by atoms with van der Waals surface area (Å²) in [6, 6.07) is 15.4. The standard InChI is InChI=1S/C18H19NOS/c20-17-6-3-5-12-13(17)8-9-15(12)19-16-10-11-21-18-7-2-1-4-14(16)18/h1-7,15-16,19-20H,8-11H2. The van der Waals surface area contributed by atoms with Crippen molar-refractivity contribution in [2.45, 2.75) is 36.2 Å². The number of benzene rings is 2. The molecular weight excluding hydrogens is 278 g/mol. The van der Waals surface area contributed by atoms with Gasteiger partial charge in [0.25, 0.3) is 0 Å². The first-order chi connectivity index (χ1) is 10.3. The first-order valence-corrected chi connectivity index (χ1v) is 8.60. The number of nitrogens with one attached hydrogen (secondary N) is 1. The van der Waals surface area contributed by atoms with Crippen LogP contribution in [0.1, 0.15) is 41.6 Å². The normalized spacial score (nSPS) is 23.6. The molecule has 0 spiro atoms. The highest BCUT2D eigenvalue weighted by molar-refractivity contribution is 7.99. The molecule has 2 nitrogen and oxygen atoms in total. The van der Waals surface area contributed by atoms with Crippen LogP contribution in [0.2, 0.25) is 0 Å². The van der Waals surface area contributed by atoms with E-state index in [9.17, 15) is 5.11 Å². The molecule has 0 saturated carbocycles. The molecule has 2 unspecified atom stereocenters. The van der Waals surface area contributed by atoms with Gasteiger partial charge in [-0.05, 0) is 53.8 Å². The molecule has 1 aliphatic carbocycles. The lowest BCUT2D eigenvalue weighted by molar-refractivity contribution is 0.428. The minimum absolute atomic E-state index is 0.369. The molecule has 1 heterocycles. The van der Waals surface area contributed by atoms with Crippen LogP contribution in [0.4, 0.5) is 0 Å². The highest BCUT2D eigenvalue weighted by atomic mass is 32.2. The van der Waals surface area contributed by atoms with E-state index in [-0.39, 0.29) is 0 Å². The van der Waals surface area contributed by atoms with Crippen LogP contribution in [0.3, 0.4) is 0 Å². The minimum Gasteiger partial charge on any atom is -0.508 e. The van der Waals surface area contributed by atoms with Crippen LogP contribution >= 0.6 is 11.8 Å². The Kier molecular flexibility index (Phi) is 3.40. The molecule has 2 aromatic carbocycles. The molecule has 0 saturated heterocycles. The van der Waals surface area contributed by atoms with Crippen LogP contribution in [0.15, 0.2) is 47.4 Å². The SMILES string of the molecule is Oc1cccc2c1CCC2NC1CCSc2ccccc21. The van der Waals surface area contributed by atoms with Crippen molar-refractivity contribution in [2.75, 3.05) is 5.75 Å². The van der Waals surface area contributed by atoms with E-state index in [2.05, 4.69) is 35.6 Å². The van der Waals surface area contributed by atoms with Gasteiger partial charge < -0.3 is 10.4 Å². The molecule has 0 amide bonds. The summed E-state index contributed by atoms with van der Waals surface area (Å²) < 4.78 is 0. The third-order valence-electron chi connectivity index (χ3n) is 4.61. The molecule has 2 aromatic rings. The lowest BCUT2D eigenvalue weighted by Crippen LogP contribution is -2.27. The predicted molar refractivity (Wildman–Crippen MR) is 86.8 cm³/mol. The number of hydrogen-bond acceptors (Lipinski definition) is 3. The van der Waals surface area contributed by atoms with E-state index in [0.29, 0.717) is 17.8 Å². The van der Waals surface area contributed by atoms with E-state index < -0.39 is 0 Å².